The first-order valence-electron chi connectivity index (χ1n) is 5.85. The van der Waals surface area contributed by atoms with Gasteiger partial charge >= 0.3 is 0 Å². The minimum Gasteiger partial charge on any atom is -0.296 e. The van der Waals surface area contributed by atoms with Crippen LogP contribution in [0.15, 0.2) is 0 Å². The van der Waals surface area contributed by atoms with Crippen molar-refractivity contribution in [3.05, 3.63) is 0 Å². The van der Waals surface area contributed by atoms with Gasteiger partial charge in [-0.3, -0.25) is 4.90 Å². The van der Waals surface area contributed by atoms with Crippen LogP contribution in [0.4, 0.5) is 0 Å². The molecule has 0 aromatic rings. The normalized spacial score (nSPS) is 32.5. The zero-order valence-corrected chi connectivity index (χ0v) is 11.0. The molecule has 2 rings (SSSR count). The molecule has 0 spiro atoms. The molecule has 2 aliphatic rings. The average Bonchev–Trinajstić information content (AvgIpc) is 2.91. The molecule has 1 saturated carbocycles. The number of likely N-dealkylation sites (tertiary alicyclic amines) is 1. The van der Waals surface area contributed by atoms with Crippen molar-refractivity contribution in [3.8, 4) is 0 Å². The highest BCUT2D eigenvalue weighted by molar-refractivity contribution is 7.87. The molecule has 1 aliphatic heterocycles. The minimum absolute atomic E-state index is 0.0722. The van der Waals surface area contributed by atoms with Crippen LogP contribution in [0.5, 0.6) is 0 Å². The van der Waals surface area contributed by atoms with E-state index in [1.807, 2.05) is 0 Å². The van der Waals surface area contributed by atoms with Gasteiger partial charge < -0.3 is 0 Å². The summed E-state index contributed by atoms with van der Waals surface area (Å²) in [6.07, 6.45) is 3.47. The second-order valence-corrected chi connectivity index (χ2v) is 7.03. The Bertz CT molecular complexity index is 351. The fourth-order valence-electron chi connectivity index (χ4n) is 2.37. The quantitative estimate of drug-likeness (QED) is 0.761. The van der Waals surface area contributed by atoms with Crippen molar-refractivity contribution in [2.75, 3.05) is 20.6 Å². The van der Waals surface area contributed by atoms with E-state index in [4.69, 9.17) is 0 Å². The van der Waals surface area contributed by atoms with Gasteiger partial charge in [0, 0.05) is 38.8 Å². The van der Waals surface area contributed by atoms with Gasteiger partial charge in [-0.2, -0.15) is 17.4 Å². The predicted octanol–water partition coefficient (Wildman–Crippen LogP) is 0.00760. The van der Waals surface area contributed by atoms with E-state index < -0.39 is 10.2 Å². The zero-order valence-electron chi connectivity index (χ0n) is 10.2. The molecule has 2 atom stereocenters. The van der Waals surface area contributed by atoms with Crippen LogP contribution < -0.4 is 4.72 Å². The highest BCUT2D eigenvalue weighted by atomic mass is 32.2. The molecule has 2 fully saturated rings. The second-order valence-electron chi connectivity index (χ2n) is 5.11. The summed E-state index contributed by atoms with van der Waals surface area (Å²) in [6, 6.07) is 1.29. The number of rotatable bonds is 4. The van der Waals surface area contributed by atoms with Gasteiger partial charge in [0.2, 0.25) is 0 Å². The molecule has 0 unspecified atom stereocenters. The number of nitrogens with zero attached hydrogens (tertiary/aromatic N) is 2. The molecule has 1 saturated heterocycles. The fourth-order valence-corrected chi connectivity index (χ4v) is 3.18. The van der Waals surface area contributed by atoms with Crippen LogP contribution >= 0.6 is 0 Å². The molecular weight excluding hydrogens is 226 g/mol. The molecule has 0 aromatic carbocycles. The third-order valence-electron chi connectivity index (χ3n) is 3.44. The van der Waals surface area contributed by atoms with E-state index in [9.17, 15) is 8.42 Å². The molecule has 16 heavy (non-hydrogen) atoms. The molecule has 0 aromatic heterocycles. The summed E-state index contributed by atoms with van der Waals surface area (Å²) in [6.45, 7) is 3.04. The van der Waals surface area contributed by atoms with E-state index in [0.717, 1.165) is 13.0 Å². The second kappa shape index (κ2) is 4.25. The highest BCUT2D eigenvalue weighted by Crippen LogP contribution is 2.33. The first-order valence-corrected chi connectivity index (χ1v) is 7.29. The minimum atomic E-state index is -3.28. The topological polar surface area (TPSA) is 52.7 Å². The van der Waals surface area contributed by atoms with Crippen molar-refractivity contribution >= 4 is 10.2 Å². The molecule has 0 radical (unpaired) electrons. The Morgan fingerprint density at radius 1 is 1.31 bits per heavy atom. The van der Waals surface area contributed by atoms with Crippen molar-refractivity contribution in [2.24, 2.45) is 0 Å². The summed E-state index contributed by atoms with van der Waals surface area (Å²) >= 11 is 0. The average molecular weight is 247 g/mol. The van der Waals surface area contributed by atoms with Gasteiger partial charge in [0.1, 0.15) is 0 Å². The molecule has 1 aliphatic carbocycles. The lowest BCUT2D eigenvalue weighted by atomic mass is 10.2. The zero-order chi connectivity index (χ0) is 11.9. The van der Waals surface area contributed by atoms with Crippen molar-refractivity contribution < 1.29 is 8.42 Å². The first kappa shape index (κ1) is 12.3. The largest absolute Gasteiger partial charge is 0.296 e. The molecular formula is C10H21N3O2S. The van der Waals surface area contributed by atoms with Crippen molar-refractivity contribution in [2.45, 2.75) is 44.3 Å². The van der Waals surface area contributed by atoms with Crippen molar-refractivity contribution in [3.63, 3.8) is 0 Å². The van der Waals surface area contributed by atoms with Gasteiger partial charge in [-0.15, -0.1) is 0 Å². The highest BCUT2D eigenvalue weighted by Gasteiger charge is 2.39. The Balaban J connectivity index is 1.93. The molecule has 0 amide bonds. The summed E-state index contributed by atoms with van der Waals surface area (Å²) < 4.78 is 27.4. The van der Waals surface area contributed by atoms with Crippen LogP contribution in [0.1, 0.15) is 26.2 Å². The van der Waals surface area contributed by atoms with Gasteiger partial charge in [0.15, 0.2) is 0 Å². The Kier molecular flexibility index (Phi) is 3.27. The number of hydrogen-bond acceptors (Lipinski definition) is 3. The van der Waals surface area contributed by atoms with Crippen LogP contribution in [0.25, 0.3) is 0 Å². The Morgan fingerprint density at radius 3 is 2.44 bits per heavy atom. The summed E-state index contributed by atoms with van der Waals surface area (Å²) in [7, 11) is -0.167. The summed E-state index contributed by atoms with van der Waals surface area (Å²) in [4.78, 5) is 2.43. The van der Waals surface area contributed by atoms with Gasteiger partial charge in [-0.25, -0.2) is 0 Å². The lowest BCUT2D eigenvalue weighted by molar-refractivity contribution is 0.256. The Morgan fingerprint density at radius 2 is 1.94 bits per heavy atom. The number of nitrogens with one attached hydrogen (secondary N) is 1. The molecule has 6 heteroatoms. The van der Waals surface area contributed by atoms with Crippen LogP contribution in [0.3, 0.4) is 0 Å². The molecule has 5 nitrogen and oxygen atoms in total. The first-order chi connectivity index (χ1) is 7.40. The number of hydrogen-bond donors (Lipinski definition) is 1. The maximum atomic E-state index is 11.7. The monoisotopic (exact) mass is 247 g/mol. The van der Waals surface area contributed by atoms with E-state index in [1.165, 1.54) is 17.1 Å². The molecule has 94 valence electrons. The van der Waals surface area contributed by atoms with E-state index >= 15 is 0 Å². The van der Waals surface area contributed by atoms with Crippen LogP contribution in [-0.4, -0.2) is 56.4 Å². The van der Waals surface area contributed by atoms with Crippen molar-refractivity contribution in [1.29, 1.82) is 0 Å². The lowest BCUT2D eigenvalue weighted by Gasteiger charge is -2.20. The fraction of sp³-hybridized carbons (Fsp3) is 1.00. The van der Waals surface area contributed by atoms with E-state index in [2.05, 4.69) is 16.5 Å². The van der Waals surface area contributed by atoms with Gasteiger partial charge in [-0.1, -0.05) is 0 Å². The maximum Gasteiger partial charge on any atom is 0.279 e. The summed E-state index contributed by atoms with van der Waals surface area (Å²) in [5, 5.41) is 0. The lowest BCUT2D eigenvalue weighted by Crippen LogP contribution is -2.43. The third kappa shape index (κ3) is 2.56. The van der Waals surface area contributed by atoms with Gasteiger partial charge in [0.25, 0.3) is 10.2 Å². The Hall–Kier alpha value is -0.170. The van der Waals surface area contributed by atoms with Gasteiger partial charge in [-0.05, 0) is 26.2 Å². The van der Waals surface area contributed by atoms with Crippen LogP contribution in [0.2, 0.25) is 0 Å². The van der Waals surface area contributed by atoms with Gasteiger partial charge in [0.05, 0.1) is 0 Å². The summed E-state index contributed by atoms with van der Waals surface area (Å²) in [5.74, 6) is 0. The van der Waals surface area contributed by atoms with E-state index in [1.54, 1.807) is 14.1 Å². The van der Waals surface area contributed by atoms with Crippen molar-refractivity contribution in [1.82, 2.24) is 13.9 Å². The Labute approximate surface area is 98.0 Å². The SMILES string of the molecule is C[C@@H]1C[C@@H](NS(=O)(=O)N(C)C)CN1C1CC1. The van der Waals surface area contributed by atoms with E-state index in [-0.39, 0.29) is 6.04 Å². The van der Waals surface area contributed by atoms with Crippen LogP contribution in [-0.2, 0) is 10.2 Å². The standard InChI is InChI=1S/C10H21N3O2S/c1-8-6-9(7-13(8)10-4-5-10)11-16(14,15)12(2)3/h8-11H,4-7H2,1-3H3/t8-,9-/m1/s1. The predicted molar refractivity (Wildman–Crippen MR) is 63.3 cm³/mol. The van der Waals surface area contributed by atoms with E-state index in [0.29, 0.717) is 12.1 Å². The molecule has 0 bridgehead atoms. The third-order valence-corrected chi connectivity index (χ3v) is 5.03. The smallest absolute Gasteiger partial charge is 0.279 e. The maximum absolute atomic E-state index is 11.7. The molecule has 1 heterocycles. The molecule has 1 N–H and O–H groups in total. The summed E-state index contributed by atoms with van der Waals surface area (Å²) in [5.41, 5.74) is 0. The van der Waals surface area contributed by atoms with Crippen LogP contribution in [0, 0.1) is 0 Å².